The number of hydrogen-bond donors (Lipinski definition) is 1. The molecule has 2 rings (SSSR count). The molecular formula is C13H7Br2ClO3. The van der Waals surface area contributed by atoms with Crippen LogP contribution in [0.2, 0.25) is 5.02 Å². The second kappa shape index (κ2) is 5.94. The molecule has 0 fully saturated rings. The Balaban J connectivity index is 2.44. The first-order valence-electron chi connectivity index (χ1n) is 5.13. The SMILES string of the molecule is O=C(O)c1c(Br)cccc1Oc1ccc(Cl)cc1Br. The van der Waals surface area contributed by atoms with Gasteiger partial charge in [-0.05, 0) is 62.2 Å². The minimum Gasteiger partial charge on any atom is -0.478 e. The van der Waals surface area contributed by atoms with Crippen molar-refractivity contribution in [2.75, 3.05) is 0 Å². The summed E-state index contributed by atoms with van der Waals surface area (Å²) in [4.78, 5) is 11.2. The van der Waals surface area contributed by atoms with E-state index in [2.05, 4.69) is 31.9 Å². The summed E-state index contributed by atoms with van der Waals surface area (Å²) >= 11 is 12.4. The molecule has 0 aliphatic heterocycles. The quantitative estimate of drug-likeness (QED) is 0.747. The second-order valence-electron chi connectivity index (χ2n) is 3.59. The van der Waals surface area contributed by atoms with Crippen molar-refractivity contribution in [2.24, 2.45) is 0 Å². The van der Waals surface area contributed by atoms with Crippen LogP contribution in [0.15, 0.2) is 45.3 Å². The molecular weight excluding hydrogens is 399 g/mol. The van der Waals surface area contributed by atoms with Gasteiger partial charge in [-0.1, -0.05) is 17.7 Å². The Kier molecular flexibility index (Phi) is 4.50. The Morgan fingerprint density at radius 1 is 1.11 bits per heavy atom. The smallest absolute Gasteiger partial charge is 0.340 e. The summed E-state index contributed by atoms with van der Waals surface area (Å²) in [6, 6.07) is 9.95. The van der Waals surface area contributed by atoms with Crippen molar-refractivity contribution >= 4 is 49.4 Å². The van der Waals surface area contributed by atoms with Crippen molar-refractivity contribution in [1.82, 2.24) is 0 Å². The molecule has 0 aliphatic carbocycles. The predicted molar refractivity (Wildman–Crippen MR) is 80.3 cm³/mol. The molecule has 0 aromatic heterocycles. The average molecular weight is 406 g/mol. The summed E-state index contributed by atoms with van der Waals surface area (Å²) in [5, 5.41) is 9.76. The zero-order valence-electron chi connectivity index (χ0n) is 9.36. The zero-order valence-corrected chi connectivity index (χ0v) is 13.3. The van der Waals surface area contributed by atoms with Crippen LogP contribution in [-0.4, -0.2) is 11.1 Å². The van der Waals surface area contributed by atoms with Crippen molar-refractivity contribution in [1.29, 1.82) is 0 Å². The van der Waals surface area contributed by atoms with Gasteiger partial charge >= 0.3 is 5.97 Å². The Hall–Kier alpha value is -1.04. The van der Waals surface area contributed by atoms with Crippen molar-refractivity contribution in [3.8, 4) is 11.5 Å². The van der Waals surface area contributed by atoms with Gasteiger partial charge in [0.15, 0.2) is 0 Å². The summed E-state index contributed by atoms with van der Waals surface area (Å²) in [5.41, 5.74) is 0.0735. The summed E-state index contributed by atoms with van der Waals surface area (Å²) < 4.78 is 6.73. The molecule has 0 bridgehead atoms. The van der Waals surface area contributed by atoms with Gasteiger partial charge in [-0.3, -0.25) is 0 Å². The number of halogens is 3. The van der Waals surface area contributed by atoms with Crippen LogP contribution in [0.5, 0.6) is 11.5 Å². The van der Waals surface area contributed by atoms with E-state index < -0.39 is 5.97 Å². The molecule has 2 aromatic carbocycles. The normalized spacial score (nSPS) is 10.3. The van der Waals surface area contributed by atoms with Crippen LogP contribution < -0.4 is 4.74 Å². The van der Waals surface area contributed by atoms with Crippen molar-refractivity contribution in [2.45, 2.75) is 0 Å². The zero-order chi connectivity index (χ0) is 14.0. The third-order valence-corrected chi connectivity index (χ3v) is 3.82. The fourth-order valence-corrected chi connectivity index (χ4v) is 2.75. The third-order valence-electron chi connectivity index (χ3n) is 2.30. The van der Waals surface area contributed by atoms with Gasteiger partial charge in [0.25, 0.3) is 0 Å². The van der Waals surface area contributed by atoms with Gasteiger partial charge in [0.05, 0.1) is 4.47 Å². The number of carbonyl (C=O) groups is 1. The minimum absolute atomic E-state index is 0.0735. The third kappa shape index (κ3) is 3.29. The van der Waals surface area contributed by atoms with E-state index in [0.29, 0.717) is 19.7 Å². The molecule has 3 nitrogen and oxygen atoms in total. The van der Waals surface area contributed by atoms with E-state index in [-0.39, 0.29) is 11.3 Å². The number of carboxylic acid groups (broad SMARTS) is 1. The highest BCUT2D eigenvalue weighted by molar-refractivity contribution is 9.10. The van der Waals surface area contributed by atoms with Crippen LogP contribution in [0.25, 0.3) is 0 Å². The molecule has 0 spiro atoms. The van der Waals surface area contributed by atoms with Gasteiger partial charge in [-0.15, -0.1) is 0 Å². The van der Waals surface area contributed by atoms with E-state index in [1.807, 2.05) is 0 Å². The minimum atomic E-state index is -1.06. The Morgan fingerprint density at radius 3 is 2.47 bits per heavy atom. The molecule has 0 saturated heterocycles. The number of carboxylic acids is 1. The van der Waals surface area contributed by atoms with Gasteiger partial charge in [-0.25, -0.2) is 4.79 Å². The van der Waals surface area contributed by atoms with Crippen molar-refractivity contribution < 1.29 is 14.6 Å². The summed E-state index contributed by atoms with van der Waals surface area (Å²) in [7, 11) is 0. The molecule has 0 heterocycles. The summed E-state index contributed by atoms with van der Waals surface area (Å²) in [5.74, 6) is -0.317. The molecule has 1 N–H and O–H groups in total. The highest BCUT2D eigenvalue weighted by Gasteiger charge is 2.16. The standard InChI is InChI=1S/C13H7Br2ClO3/c14-8-2-1-3-11(12(8)13(17)18)19-10-5-4-7(16)6-9(10)15/h1-6H,(H,17,18). The second-order valence-corrected chi connectivity index (χ2v) is 5.74. The van der Waals surface area contributed by atoms with Gasteiger partial charge in [0.1, 0.15) is 17.1 Å². The predicted octanol–water partition coefficient (Wildman–Crippen LogP) is 5.36. The molecule has 2 aromatic rings. The van der Waals surface area contributed by atoms with Crippen molar-refractivity contribution in [3.05, 3.63) is 55.9 Å². The van der Waals surface area contributed by atoms with Crippen LogP contribution in [0.4, 0.5) is 0 Å². The van der Waals surface area contributed by atoms with Crippen LogP contribution in [0, 0.1) is 0 Å². The van der Waals surface area contributed by atoms with E-state index in [4.69, 9.17) is 16.3 Å². The lowest BCUT2D eigenvalue weighted by Crippen LogP contribution is -2.01. The van der Waals surface area contributed by atoms with E-state index >= 15 is 0 Å². The van der Waals surface area contributed by atoms with E-state index in [1.165, 1.54) is 0 Å². The first kappa shape index (κ1) is 14.4. The van der Waals surface area contributed by atoms with E-state index in [0.717, 1.165) is 0 Å². The fourth-order valence-electron chi connectivity index (χ4n) is 1.47. The fraction of sp³-hybridized carbons (Fsp3) is 0. The Bertz CT molecular complexity index is 644. The molecule has 98 valence electrons. The monoisotopic (exact) mass is 404 g/mol. The van der Waals surface area contributed by atoms with Crippen LogP contribution in [0.3, 0.4) is 0 Å². The topological polar surface area (TPSA) is 46.5 Å². The van der Waals surface area contributed by atoms with E-state index in [1.54, 1.807) is 36.4 Å². The van der Waals surface area contributed by atoms with Gasteiger partial charge in [0, 0.05) is 9.50 Å². The van der Waals surface area contributed by atoms with Crippen molar-refractivity contribution in [3.63, 3.8) is 0 Å². The molecule has 0 unspecified atom stereocenters. The van der Waals surface area contributed by atoms with Gasteiger partial charge in [0.2, 0.25) is 0 Å². The lowest BCUT2D eigenvalue weighted by atomic mass is 10.2. The maximum absolute atomic E-state index is 11.2. The first-order chi connectivity index (χ1) is 8.99. The Morgan fingerprint density at radius 2 is 1.84 bits per heavy atom. The van der Waals surface area contributed by atoms with E-state index in [9.17, 15) is 9.90 Å². The highest BCUT2D eigenvalue weighted by Crippen LogP contribution is 2.35. The van der Waals surface area contributed by atoms with Gasteiger partial charge < -0.3 is 9.84 Å². The molecule has 19 heavy (non-hydrogen) atoms. The van der Waals surface area contributed by atoms with Crippen LogP contribution in [-0.2, 0) is 0 Å². The van der Waals surface area contributed by atoms with Crippen LogP contribution >= 0.6 is 43.5 Å². The summed E-state index contributed by atoms with van der Waals surface area (Å²) in [6.07, 6.45) is 0. The molecule has 0 radical (unpaired) electrons. The molecule has 6 heteroatoms. The molecule has 0 aliphatic rings. The van der Waals surface area contributed by atoms with Crippen LogP contribution in [0.1, 0.15) is 10.4 Å². The highest BCUT2D eigenvalue weighted by atomic mass is 79.9. The molecule has 0 saturated carbocycles. The number of hydrogen-bond acceptors (Lipinski definition) is 2. The number of rotatable bonds is 3. The summed E-state index contributed by atoms with van der Waals surface area (Å²) in [6.45, 7) is 0. The number of aromatic carboxylic acids is 1. The average Bonchev–Trinajstić information content (AvgIpc) is 2.32. The molecule has 0 atom stereocenters. The Labute approximate surface area is 131 Å². The number of ether oxygens (including phenoxy) is 1. The largest absolute Gasteiger partial charge is 0.478 e. The van der Waals surface area contributed by atoms with Gasteiger partial charge in [-0.2, -0.15) is 0 Å². The lowest BCUT2D eigenvalue weighted by Gasteiger charge is -2.11. The number of benzene rings is 2. The maximum Gasteiger partial charge on any atom is 0.340 e. The maximum atomic E-state index is 11.2. The lowest BCUT2D eigenvalue weighted by molar-refractivity contribution is 0.0693. The first-order valence-corrected chi connectivity index (χ1v) is 7.10. The molecule has 0 amide bonds.